The number of amides is 1. The van der Waals surface area contributed by atoms with Crippen LogP contribution >= 0.6 is 0 Å². The standard InChI is InChI=1S/C20H37N3O2/c1-4-9-19(25-17-16-21-10-6-5-7-11-21)20(24)23-13-8-12-22(14-15-23)18(2)3/h9,18H,4-8,10-17H2,1-3H3/b19-9-. The van der Waals surface area contributed by atoms with E-state index in [4.69, 9.17) is 4.74 Å². The van der Waals surface area contributed by atoms with E-state index >= 15 is 0 Å². The number of carbonyl (C=O) groups is 1. The van der Waals surface area contributed by atoms with Crippen molar-refractivity contribution in [1.82, 2.24) is 14.7 Å². The van der Waals surface area contributed by atoms with Crippen LogP contribution in [0.25, 0.3) is 0 Å². The molecule has 2 aliphatic heterocycles. The van der Waals surface area contributed by atoms with Crippen LogP contribution in [0.5, 0.6) is 0 Å². The van der Waals surface area contributed by atoms with Crippen LogP contribution in [0.4, 0.5) is 0 Å². The second kappa shape index (κ2) is 10.8. The summed E-state index contributed by atoms with van der Waals surface area (Å²) in [5.41, 5.74) is 0. The summed E-state index contributed by atoms with van der Waals surface area (Å²) in [6, 6.07) is 0.543. The van der Waals surface area contributed by atoms with Gasteiger partial charge in [-0.15, -0.1) is 0 Å². The number of likely N-dealkylation sites (tertiary alicyclic amines) is 1. The zero-order valence-corrected chi connectivity index (χ0v) is 16.5. The molecule has 2 aliphatic rings. The number of hydrogen-bond acceptors (Lipinski definition) is 4. The Morgan fingerprint density at radius 2 is 1.76 bits per heavy atom. The van der Waals surface area contributed by atoms with E-state index < -0.39 is 0 Å². The lowest BCUT2D eigenvalue weighted by Crippen LogP contribution is -2.38. The minimum atomic E-state index is 0.0751. The highest BCUT2D eigenvalue weighted by Gasteiger charge is 2.23. The number of piperidine rings is 1. The van der Waals surface area contributed by atoms with Crippen molar-refractivity contribution in [3.05, 3.63) is 11.8 Å². The topological polar surface area (TPSA) is 36.0 Å². The summed E-state index contributed by atoms with van der Waals surface area (Å²) < 4.78 is 5.93. The molecule has 2 fully saturated rings. The first-order valence-electron chi connectivity index (χ1n) is 10.2. The van der Waals surface area contributed by atoms with Crippen LogP contribution in [0.1, 0.15) is 52.9 Å². The Hall–Kier alpha value is -1.07. The Kier molecular flexibility index (Phi) is 8.76. The average molecular weight is 352 g/mol. The fraction of sp³-hybridized carbons (Fsp3) is 0.850. The zero-order valence-electron chi connectivity index (χ0n) is 16.5. The SMILES string of the molecule is CC/C=C(\OCCN1CCCCC1)C(=O)N1CCCN(C(C)C)CC1. The molecule has 0 saturated carbocycles. The molecule has 0 aromatic carbocycles. The molecular formula is C20H37N3O2. The quantitative estimate of drug-likeness (QED) is 0.522. The minimum absolute atomic E-state index is 0.0751. The largest absolute Gasteiger partial charge is 0.487 e. The van der Waals surface area contributed by atoms with Crippen LogP contribution in [0.15, 0.2) is 11.8 Å². The molecule has 25 heavy (non-hydrogen) atoms. The van der Waals surface area contributed by atoms with Crippen molar-refractivity contribution in [3.8, 4) is 0 Å². The molecule has 0 N–H and O–H groups in total. The van der Waals surface area contributed by atoms with Crippen molar-refractivity contribution in [2.75, 3.05) is 52.4 Å². The Bertz CT molecular complexity index is 431. The molecule has 1 amide bonds. The Morgan fingerprint density at radius 3 is 2.44 bits per heavy atom. The van der Waals surface area contributed by atoms with E-state index in [9.17, 15) is 4.79 Å². The summed E-state index contributed by atoms with van der Waals surface area (Å²) in [5.74, 6) is 0.628. The molecule has 0 aromatic heterocycles. The molecule has 2 rings (SSSR count). The fourth-order valence-corrected chi connectivity index (χ4v) is 3.67. The Morgan fingerprint density at radius 1 is 1.00 bits per heavy atom. The van der Waals surface area contributed by atoms with E-state index in [1.165, 1.54) is 32.4 Å². The second-order valence-electron chi connectivity index (χ2n) is 7.50. The molecule has 5 heteroatoms. The molecule has 0 spiro atoms. The van der Waals surface area contributed by atoms with Gasteiger partial charge in [-0.2, -0.15) is 0 Å². The van der Waals surface area contributed by atoms with E-state index in [1.807, 2.05) is 11.0 Å². The van der Waals surface area contributed by atoms with Crippen LogP contribution < -0.4 is 0 Å². The minimum Gasteiger partial charge on any atom is -0.487 e. The van der Waals surface area contributed by atoms with Gasteiger partial charge in [0.1, 0.15) is 6.61 Å². The zero-order chi connectivity index (χ0) is 18.1. The molecule has 0 aromatic rings. The van der Waals surface area contributed by atoms with Gasteiger partial charge < -0.3 is 9.64 Å². The molecule has 2 saturated heterocycles. The highest BCUT2D eigenvalue weighted by molar-refractivity contribution is 5.91. The van der Waals surface area contributed by atoms with Gasteiger partial charge in [0, 0.05) is 38.8 Å². The second-order valence-corrected chi connectivity index (χ2v) is 7.50. The first-order chi connectivity index (χ1) is 12.1. The maximum atomic E-state index is 12.9. The lowest BCUT2D eigenvalue weighted by atomic mass is 10.1. The van der Waals surface area contributed by atoms with Gasteiger partial charge in [-0.1, -0.05) is 13.3 Å². The normalized spacial score (nSPS) is 21.4. The van der Waals surface area contributed by atoms with Crippen molar-refractivity contribution < 1.29 is 9.53 Å². The average Bonchev–Trinajstić information content (AvgIpc) is 2.87. The lowest BCUT2D eigenvalue weighted by Gasteiger charge is -2.27. The molecule has 0 atom stereocenters. The van der Waals surface area contributed by atoms with Gasteiger partial charge in [0.15, 0.2) is 5.76 Å². The summed E-state index contributed by atoms with van der Waals surface area (Å²) >= 11 is 0. The maximum absolute atomic E-state index is 12.9. The van der Waals surface area contributed by atoms with E-state index in [2.05, 4.69) is 30.6 Å². The number of rotatable bonds is 7. The van der Waals surface area contributed by atoms with E-state index in [1.54, 1.807) is 0 Å². The molecular weight excluding hydrogens is 314 g/mol. The predicted molar refractivity (Wildman–Crippen MR) is 103 cm³/mol. The Labute approximate surface area is 154 Å². The monoisotopic (exact) mass is 351 g/mol. The van der Waals surface area contributed by atoms with Gasteiger partial charge in [0.25, 0.3) is 5.91 Å². The predicted octanol–water partition coefficient (Wildman–Crippen LogP) is 2.73. The van der Waals surface area contributed by atoms with Crippen LogP contribution in [-0.2, 0) is 9.53 Å². The van der Waals surface area contributed by atoms with Crippen molar-refractivity contribution in [1.29, 1.82) is 0 Å². The summed E-state index contributed by atoms with van der Waals surface area (Å²) in [6.45, 7) is 14.0. The van der Waals surface area contributed by atoms with Crippen LogP contribution in [-0.4, -0.2) is 79.1 Å². The first-order valence-corrected chi connectivity index (χ1v) is 10.2. The molecule has 144 valence electrons. The smallest absolute Gasteiger partial charge is 0.288 e. The van der Waals surface area contributed by atoms with Gasteiger partial charge in [-0.25, -0.2) is 0 Å². The summed E-state index contributed by atoms with van der Waals surface area (Å²) in [5, 5.41) is 0. The van der Waals surface area contributed by atoms with Gasteiger partial charge in [0.2, 0.25) is 0 Å². The van der Waals surface area contributed by atoms with Crippen LogP contribution in [0.3, 0.4) is 0 Å². The van der Waals surface area contributed by atoms with Gasteiger partial charge in [-0.3, -0.25) is 14.6 Å². The van der Waals surface area contributed by atoms with Crippen LogP contribution in [0.2, 0.25) is 0 Å². The number of hydrogen-bond donors (Lipinski definition) is 0. The van der Waals surface area contributed by atoms with Crippen molar-refractivity contribution in [2.24, 2.45) is 0 Å². The van der Waals surface area contributed by atoms with Crippen LogP contribution in [0, 0.1) is 0 Å². The van der Waals surface area contributed by atoms with Crippen molar-refractivity contribution in [3.63, 3.8) is 0 Å². The third kappa shape index (κ3) is 6.63. The highest BCUT2D eigenvalue weighted by Crippen LogP contribution is 2.13. The third-order valence-corrected chi connectivity index (χ3v) is 5.26. The number of allylic oxidation sites excluding steroid dienone is 1. The first kappa shape index (κ1) is 20.2. The summed E-state index contributed by atoms with van der Waals surface area (Å²) in [7, 11) is 0. The number of nitrogens with zero attached hydrogens (tertiary/aromatic N) is 3. The fourth-order valence-electron chi connectivity index (χ4n) is 3.67. The van der Waals surface area contributed by atoms with Gasteiger partial charge in [0.05, 0.1) is 0 Å². The van der Waals surface area contributed by atoms with Gasteiger partial charge in [-0.05, 0) is 58.7 Å². The van der Waals surface area contributed by atoms with E-state index in [0.29, 0.717) is 18.4 Å². The number of carbonyl (C=O) groups excluding carboxylic acids is 1. The van der Waals surface area contributed by atoms with Crippen molar-refractivity contribution in [2.45, 2.75) is 58.9 Å². The van der Waals surface area contributed by atoms with Crippen molar-refractivity contribution >= 4 is 5.91 Å². The molecule has 0 radical (unpaired) electrons. The lowest BCUT2D eigenvalue weighted by molar-refractivity contribution is -0.130. The molecule has 0 aliphatic carbocycles. The Balaban J connectivity index is 1.83. The molecule has 5 nitrogen and oxygen atoms in total. The molecule has 0 bridgehead atoms. The van der Waals surface area contributed by atoms with E-state index in [0.717, 1.165) is 45.6 Å². The molecule has 2 heterocycles. The van der Waals surface area contributed by atoms with E-state index in [-0.39, 0.29) is 5.91 Å². The number of ether oxygens (including phenoxy) is 1. The summed E-state index contributed by atoms with van der Waals surface area (Å²) in [6.07, 6.45) is 7.74. The third-order valence-electron chi connectivity index (χ3n) is 5.26. The van der Waals surface area contributed by atoms with Gasteiger partial charge >= 0.3 is 0 Å². The highest BCUT2D eigenvalue weighted by atomic mass is 16.5. The maximum Gasteiger partial charge on any atom is 0.288 e. The molecule has 0 unspecified atom stereocenters. The summed E-state index contributed by atoms with van der Waals surface area (Å²) in [4.78, 5) is 19.8.